The Morgan fingerprint density at radius 2 is 2.09 bits per heavy atom. The van der Waals surface area contributed by atoms with E-state index in [4.69, 9.17) is 23.2 Å². The summed E-state index contributed by atoms with van der Waals surface area (Å²) in [6.45, 7) is 3.58. The maximum atomic E-state index is 5.62. The van der Waals surface area contributed by atoms with E-state index in [-0.39, 0.29) is 0 Å². The highest BCUT2D eigenvalue weighted by atomic mass is 35.5. The second-order valence-electron chi connectivity index (χ2n) is 1.99. The van der Waals surface area contributed by atoms with E-state index in [0.717, 1.165) is 12.0 Å². The monoisotopic (exact) mass is 190 g/mol. The van der Waals surface area contributed by atoms with Crippen molar-refractivity contribution in [3.05, 3.63) is 36.5 Å². The van der Waals surface area contributed by atoms with Crippen LogP contribution >= 0.6 is 23.2 Å². The Bertz CT molecular complexity index is 157. The zero-order chi connectivity index (χ0) is 8.53. The third-order valence-corrected chi connectivity index (χ3v) is 1.62. The fraction of sp³-hybridized carbons (Fsp3) is 0.333. The van der Waals surface area contributed by atoms with Gasteiger partial charge in [0.05, 0.1) is 0 Å². The summed E-state index contributed by atoms with van der Waals surface area (Å²) in [4.78, 5) is 0. The molecular weight excluding hydrogens is 179 g/mol. The second-order valence-corrected chi connectivity index (χ2v) is 2.64. The highest BCUT2D eigenvalue weighted by molar-refractivity contribution is 6.19. The van der Waals surface area contributed by atoms with Crippen molar-refractivity contribution in [3.63, 3.8) is 0 Å². The fourth-order valence-corrected chi connectivity index (χ4v) is 0.898. The predicted molar refractivity (Wildman–Crippen MR) is 53.5 cm³/mol. The quantitative estimate of drug-likeness (QED) is 0.460. The summed E-state index contributed by atoms with van der Waals surface area (Å²) in [6.07, 6.45) is 8.47. The van der Waals surface area contributed by atoms with Crippen molar-refractivity contribution >= 4 is 23.2 Å². The number of halogens is 2. The molecule has 0 saturated carbocycles. The number of alkyl halides is 2. The molecule has 11 heavy (non-hydrogen) atoms. The second kappa shape index (κ2) is 7.90. The van der Waals surface area contributed by atoms with Gasteiger partial charge in [0.1, 0.15) is 0 Å². The molecule has 62 valence electrons. The van der Waals surface area contributed by atoms with Crippen LogP contribution in [0.4, 0.5) is 0 Å². The molecule has 0 radical (unpaired) electrons. The number of hydrogen-bond acceptors (Lipinski definition) is 0. The maximum absolute atomic E-state index is 5.62. The Balaban J connectivity index is 3.86. The molecule has 0 saturated heterocycles. The molecule has 0 spiro atoms. The third-order valence-electron chi connectivity index (χ3n) is 1.09. The first-order valence-electron chi connectivity index (χ1n) is 3.45. The highest BCUT2D eigenvalue weighted by Crippen LogP contribution is 2.01. The Morgan fingerprint density at radius 1 is 1.36 bits per heavy atom. The van der Waals surface area contributed by atoms with E-state index in [9.17, 15) is 0 Å². The Labute approximate surface area is 78.2 Å². The summed E-state index contributed by atoms with van der Waals surface area (Å²) in [5.74, 6) is 1.17. The van der Waals surface area contributed by atoms with Gasteiger partial charge in [0, 0.05) is 11.8 Å². The number of hydrogen-bond donors (Lipinski definition) is 0. The van der Waals surface area contributed by atoms with Gasteiger partial charge in [-0.3, -0.25) is 0 Å². The van der Waals surface area contributed by atoms with Gasteiger partial charge in [-0.2, -0.15) is 0 Å². The van der Waals surface area contributed by atoms with Gasteiger partial charge in [0.2, 0.25) is 0 Å². The Hall–Kier alpha value is -0.200. The van der Waals surface area contributed by atoms with Crippen LogP contribution in [0.2, 0.25) is 0 Å². The lowest BCUT2D eigenvalue weighted by Gasteiger charge is -1.91. The molecule has 0 nitrogen and oxygen atoms in total. The van der Waals surface area contributed by atoms with Crippen LogP contribution in [0.15, 0.2) is 36.5 Å². The Morgan fingerprint density at radius 3 is 2.55 bits per heavy atom. The van der Waals surface area contributed by atoms with Crippen LogP contribution in [0.25, 0.3) is 0 Å². The van der Waals surface area contributed by atoms with Gasteiger partial charge in [-0.1, -0.05) is 30.9 Å². The van der Waals surface area contributed by atoms with Crippen LogP contribution in [-0.2, 0) is 0 Å². The molecule has 0 aliphatic carbocycles. The molecular formula is C9H12Cl2. The van der Waals surface area contributed by atoms with E-state index < -0.39 is 0 Å². The molecule has 0 fully saturated rings. The maximum Gasteiger partial charge on any atom is 0.0473 e. The molecule has 0 aromatic carbocycles. The Kier molecular flexibility index (Phi) is 7.76. The van der Waals surface area contributed by atoms with Crippen molar-refractivity contribution in [1.82, 2.24) is 0 Å². The molecule has 0 aromatic heterocycles. The van der Waals surface area contributed by atoms with Crippen molar-refractivity contribution in [2.75, 3.05) is 11.8 Å². The highest BCUT2D eigenvalue weighted by Gasteiger charge is 1.85. The summed E-state index contributed by atoms with van der Waals surface area (Å²) >= 11 is 11.1. The van der Waals surface area contributed by atoms with Crippen molar-refractivity contribution in [2.45, 2.75) is 6.42 Å². The van der Waals surface area contributed by atoms with Crippen LogP contribution in [0, 0.1) is 0 Å². The van der Waals surface area contributed by atoms with E-state index in [0.29, 0.717) is 11.8 Å². The molecule has 0 bridgehead atoms. The fourth-order valence-electron chi connectivity index (χ4n) is 0.594. The zero-order valence-corrected chi connectivity index (χ0v) is 7.91. The molecule has 0 aromatic rings. The van der Waals surface area contributed by atoms with Crippen LogP contribution in [-0.4, -0.2) is 11.8 Å². The molecule has 0 rings (SSSR count). The number of rotatable bonds is 5. The van der Waals surface area contributed by atoms with E-state index in [2.05, 4.69) is 6.58 Å². The number of allylic oxidation sites excluding steroid dienone is 5. The van der Waals surface area contributed by atoms with Crippen LogP contribution < -0.4 is 0 Å². The zero-order valence-electron chi connectivity index (χ0n) is 6.39. The first-order valence-corrected chi connectivity index (χ1v) is 4.52. The topological polar surface area (TPSA) is 0 Å². The molecule has 0 heterocycles. The normalized spacial score (nSPS) is 12.4. The van der Waals surface area contributed by atoms with E-state index >= 15 is 0 Å². The van der Waals surface area contributed by atoms with E-state index in [1.54, 1.807) is 6.08 Å². The first-order chi connectivity index (χ1) is 5.35. The minimum atomic E-state index is 0.519. The largest absolute Gasteiger partial charge is 0.126 e. The minimum Gasteiger partial charge on any atom is -0.126 e. The van der Waals surface area contributed by atoms with Crippen LogP contribution in [0.3, 0.4) is 0 Å². The first kappa shape index (κ1) is 10.8. The lowest BCUT2D eigenvalue weighted by molar-refractivity contribution is 1.23. The lowest BCUT2D eigenvalue weighted by atomic mass is 10.2. The molecule has 0 unspecified atom stereocenters. The summed E-state index contributed by atoms with van der Waals surface area (Å²) in [6, 6.07) is 0. The lowest BCUT2D eigenvalue weighted by Crippen LogP contribution is -1.78. The molecule has 0 aliphatic heterocycles. The van der Waals surface area contributed by atoms with Gasteiger partial charge in [-0.25, -0.2) is 0 Å². The average molecular weight is 191 g/mol. The molecule has 0 atom stereocenters. The smallest absolute Gasteiger partial charge is 0.0473 e. The molecule has 0 N–H and O–H groups in total. The van der Waals surface area contributed by atoms with Crippen molar-refractivity contribution in [1.29, 1.82) is 0 Å². The summed E-state index contributed by atoms with van der Waals surface area (Å²) < 4.78 is 0. The SMILES string of the molecule is C=C/C=C(\C=C/CCCl)CCl. The van der Waals surface area contributed by atoms with Crippen LogP contribution in [0.5, 0.6) is 0 Å². The van der Waals surface area contributed by atoms with Gasteiger partial charge >= 0.3 is 0 Å². The standard InChI is InChI=1S/C9H12Cl2/c1-2-5-9(8-11)6-3-4-7-10/h2-3,5-6H,1,4,7-8H2/b6-3-,9-5+. The predicted octanol–water partition coefficient (Wildman–Crippen LogP) is 3.52. The van der Waals surface area contributed by atoms with Crippen LogP contribution in [0.1, 0.15) is 6.42 Å². The summed E-state index contributed by atoms with van der Waals surface area (Å²) in [7, 11) is 0. The minimum absolute atomic E-state index is 0.519. The summed E-state index contributed by atoms with van der Waals surface area (Å²) in [5.41, 5.74) is 1.06. The van der Waals surface area contributed by atoms with E-state index in [1.165, 1.54) is 0 Å². The molecule has 0 aliphatic rings. The summed E-state index contributed by atoms with van der Waals surface area (Å²) in [5, 5.41) is 0. The van der Waals surface area contributed by atoms with Gasteiger partial charge < -0.3 is 0 Å². The van der Waals surface area contributed by atoms with Crippen molar-refractivity contribution in [3.8, 4) is 0 Å². The van der Waals surface area contributed by atoms with Gasteiger partial charge in [0.15, 0.2) is 0 Å². The molecule has 2 heteroatoms. The average Bonchev–Trinajstić information content (AvgIpc) is 2.03. The molecule has 0 amide bonds. The van der Waals surface area contributed by atoms with Gasteiger partial charge in [0.25, 0.3) is 0 Å². The van der Waals surface area contributed by atoms with Crippen molar-refractivity contribution < 1.29 is 0 Å². The van der Waals surface area contributed by atoms with Gasteiger partial charge in [-0.05, 0) is 12.0 Å². The van der Waals surface area contributed by atoms with Gasteiger partial charge in [-0.15, -0.1) is 23.2 Å². The van der Waals surface area contributed by atoms with E-state index in [1.807, 2.05) is 18.2 Å². The third kappa shape index (κ3) is 6.21. The van der Waals surface area contributed by atoms with Crippen molar-refractivity contribution in [2.24, 2.45) is 0 Å².